The Kier molecular flexibility index (Phi) is 4.15. The van der Waals surface area contributed by atoms with Crippen LogP contribution in [0.5, 0.6) is 0 Å². The maximum Gasteiger partial charge on any atom is 0.426 e. The minimum atomic E-state index is -4.49. The maximum absolute atomic E-state index is 13.5. The molecule has 3 heterocycles. The summed E-state index contributed by atoms with van der Waals surface area (Å²) in [4.78, 5) is 7.60. The quantitative estimate of drug-likeness (QED) is 0.527. The minimum Gasteiger partial charge on any atom is -0.384 e. The molecule has 0 saturated carbocycles. The van der Waals surface area contributed by atoms with E-state index in [4.69, 9.17) is 10.3 Å². The van der Waals surface area contributed by atoms with Gasteiger partial charge in [-0.3, -0.25) is 0 Å². The average Bonchev–Trinajstić information content (AvgIpc) is 3.29. The van der Waals surface area contributed by atoms with Crippen LogP contribution >= 0.6 is 11.3 Å². The molecule has 0 radical (unpaired) electrons. The molecule has 0 bridgehead atoms. The molecular formula is C18H11F3N4OS. The summed E-state index contributed by atoms with van der Waals surface area (Å²) >= 11 is 0.568. The summed E-state index contributed by atoms with van der Waals surface area (Å²) in [5.74, 6) is 0.515. The van der Waals surface area contributed by atoms with Crippen LogP contribution in [0.15, 0.2) is 59.3 Å². The Morgan fingerprint density at radius 2 is 1.78 bits per heavy atom. The van der Waals surface area contributed by atoms with Crippen molar-refractivity contribution in [1.29, 1.82) is 0 Å². The third kappa shape index (κ3) is 3.41. The Labute approximate surface area is 155 Å². The highest BCUT2D eigenvalue weighted by Gasteiger charge is 2.37. The van der Waals surface area contributed by atoms with Gasteiger partial charge in [0, 0.05) is 17.3 Å². The molecule has 0 aliphatic heterocycles. The summed E-state index contributed by atoms with van der Waals surface area (Å²) in [5.41, 5.74) is 6.74. The van der Waals surface area contributed by atoms with Gasteiger partial charge in [0.05, 0.1) is 4.88 Å². The van der Waals surface area contributed by atoms with Crippen LogP contribution in [0.4, 0.5) is 19.0 Å². The third-order valence-electron chi connectivity index (χ3n) is 3.75. The highest BCUT2D eigenvalue weighted by atomic mass is 32.1. The lowest BCUT2D eigenvalue weighted by atomic mass is 10.1. The number of nitrogens with two attached hydrogens (primary N) is 1. The molecule has 1 aromatic carbocycles. The smallest absolute Gasteiger partial charge is 0.384 e. The summed E-state index contributed by atoms with van der Waals surface area (Å²) < 4.78 is 45.7. The molecule has 0 fully saturated rings. The molecule has 2 N–H and O–H groups in total. The number of rotatable bonds is 3. The van der Waals surface area contributed by atoms with Crippen LogP contribution in [0.25, 0.3) is 33.3 Å². The van der Waals surface area contributed by atoms with Gasteiger partial charge in [-0.25, -0.2) is 4.98 Å². The van der Waals surface area contributed by atoms with Gasteiger partial charge in [0.2, 0.25) is 5.82 Å². The number of pyridine rings is 1. The highest BCUT2D eigenvalue weighted by molar-refractivity contribution is 7.16. The first-order valence-corrected chi connectivity index (χ1v) is 8.56. The second-order valence-corrected chi connectivity index (χ2v) is 6.66. The normalized spacial score (nSPS) is 11.7. The van der Waals surface area contributed by atoms with Crippen LogP contribution in [-0.4, -0.2) is 15.1 Å². The van der Waals surface area contributed by atoms with Gasteiger partial charge in [0.15, 0.2) is 0 Å². The maximum atomic E-state index is 13.5. The van der Waals surface area contributed by atoms with Crippen molar-refractivity contribution in [3.63, 3.8) is 0 Å². The van der Waals surface area contributed by atoms with Crippen LogP contribution in [-0.2, 0) is 6.18 Å². The fourth-order valence-corrected chi connectivity index (χ4v) is 3.54. The lowest BCUT2D eigenvalue weighted by molar-refractivity contribution is -0.133. The van der Waals surface area contributed by atoms with E-state index in [-0.39, 0.29) is 28.0 Å². The molecule has 0 saturated heterocycles. The first-order chi connectivity index (χ1) is 12.9. The molecule has 0 unspecified atom stereocenters. The summed E-state index contributed by atoms with van der Waals surface area (Å²) in [6.45, 7) is 0. The number of nitrogens with zero attached hydrogens (tertiary/aromatic N) is 3. The molecule has 0 aliphatic rings. The molecule has 0 spiro atoms. The number of benzene rings is 1. The van der Waals surface area contributed by atoms with E-state index in [1.54, 1.807) is 42.5 Å². The second kappa shape index (κ2) is 6.51. The number of hydrogen-bond acceptors (Lipinski definition) is 6. The van der Waals surface area contributed by atoms with E-state index in [2.05, 4.69) is 15.1 Å². The number of halogens is 3. The lowest BCUT2D eigenvalue weighted by Gasteiger charge is -2.07. The van der Waals surface area contributed by atoms with Crippen molar-refractivity contribution in [3.05, 3.63) is 59.6 Å². The van der Waals surface area contributed by atoms with Gasteiger partial charge < -0.3 is 10.3 Å². The van der Waals surface area contributed by atoms with E-state index < -0.39 is 11.1 Å². The molecule has 5 nitrogen and oxygen atoms in total. The Bertz CT molecular complexity index is 1090. The van der Waals surface area contributed by atoms with Crippen LogP contribution in [0.3, 0.4) is 0 Å². The molecule has 3 aromatic heterocycles. The van der Waals surface area contributed by atoms with E-state index in [9.17, 15) is 13.2 Å². The zero-order valence-corrected chi connectivity index (χ0v) is 14.4. The molecule has 0 aliphatic carbocycles. The summed E-state index contributed by atoms with van der Waals surface area (Å²) in [6, 6.07) is 13.0. The van der Waals surface area contributed by atoms with Gasteiger partial charge in [-0.1, -0.05) is 35.5 Å². The first-order valence-electron chi connectivity index (χ1n) is 7.74. The minimum absolute atomic E-state index is 0.0121. The molecule has 136 valence electrons. The molecular weight excluding hydrogens is 377 g/mol. The van der Waals surface area contributed by atoms with Crippen molar-refractivity contribution in [1.82, 2.24) is 15.1 Å². The van der Waals surface area contributed by atoms with Crippen molar-refractivity contribution in [3.8, 4) is 33.3 Å². The number of nitrogen functional groups attached to an aromatic ring is 1. The van der Waals surface area contributed by atoms with Gasteiger partial charge in [-0.05, 0) is 23.8 Å². The van der Waals surface area contributed by atoms with E-state index in [1.165, 1.54) is 12.3 Å². The van der Waals surface area contributed by atoms with E-state index in [0.29, 0.717) is 22.5 Å². The molecule has 4 aromatic rings. The molecule has 0 atom stereocenters. The van der Waals surface area contributed by atoms with Crippen molar-refractivity contribution in [2.24, 2.45) is 0 Å². The monoisotopic (exact) mass is 388 g/mol. The van der Waals surface area contributed by atoms with Crippen LogP contribution < -0.4 is 5.73 Å². The SMILES string of the molecule is Nc1cc(-c2noc(-c3cc(-c4ccccc4)c(C(F)(F)F)s3)n2)ccn1. The summed E-state index contributed by atoms with van der Waals surface area (Å²) in [5, 5.41) is 3.83. The number of thiophene rings is 1. The Balaban J connectivity index is 1.78. The first kappa shape index (κ1) is 17.2. The van der Waals surface area contributed by atoms with Gasteiger partial charge in [-0.2, -0.15) is 18.2 Å². The topological polar surface area (TPSA) is 77.8 Å². The number of alkyl halides is 3. The van der Waals surface area contributed by atoms with Gasteiger partial charge in [-0.15, -0.1) is 11.3 Å². The summed E-state index contributed by atoms with van der Waals surface area (Å²) in [7, 11) is 0. The van der Waals surface area contributed by atoms with Gasteiger partial charge in [0.1, 0.15) is 10.7 Å². The molecule has 9 heteroatoms. The Hall–Kier alpha value is -3.20. The second-order valence-electron chi connectivity index (χ2n) is 5.61. The van der Waals surface area contributed by atoms with Crippen molar-refractivity contribution >= 4 is 17.2 Å². The zero-order chi connectivity index (χ0) is 19.0. The van der Waals surface area contributed by atoms with Crippen LogP contribution in [0.2, 0.25) is 0 Å². The predicted molar refractivity (Wildman–Crippen MR) is 95.7 cm³/mol. The van der Waals surface area contributed by atoms with E-state index >= 15 is 0 Å². The molecule has 0 amide bonds. The largest absolute Gasteiger partial charge is 0.426 e. The number of anilines is 1. The van der Waals surface area contributed by atoms with Crippen molar-refractivity contribution < 1.29 is 17.7 Å². The standard InChI is InChI=1S/C18H11F3N4OS/c19-18(20,21)15-12(10-4-2-1-3-5-10)9-13(27-15)17-24-16(25-26-17)11-6-7-23-14(22)8-11/h1-9H,(H2,22,23). The Morgan fingerprint density at radius 3 is 2.48 bits per heavy atom. The van der Waals surface area contributed by atoms with Gasteiger partial charge in [0.25, 0.3) is 5.89 Å². The van der Waals surface area contributed by atoms with E-state index in [0.717, 1.165) is 0 Å². The van der Waals surface area contributed by atoms with Gasteiger partial charge >= 0.3 is 6.18 Å². The van der Waals surface area contributed by atoms with Crippen LogP contribution in [0.1, 0.15) is 4.88 Å². The third-order valence-corrected chi connectivity index (χ3v) is 4.92. The molecule has 27 heavy (non-hydrogen) atoms. The number of aromatic nitrogens is 3. The van der Waals surface area contributed by atoms with Crippen molar-refractivity contribution in [2.45, 2.75) is 6.18 Å². The number of hydrogen-bond donors (Lipinski definition) is 1. The fourth-order valence-electron chi connectivity index (χ4n) is 2.57. The summed E-state index contributed by atoms with van der Waals surface area (Å²) in [6.07, 6.45) is -3.00. The predicted octanol–water partition coefficient (Wildman–Crippen LogP) is 5.13. The fraction of sp³-hybridized carbons (Fsp3) is 0.0556. The molecule has 4 rings (SSSR count). The highest BCUT2D eigenvalue weighted by Crippen LogP contribution is 2.45. The Morgan fingerprint density at radius 1 is 1.00 bits per heavy atom. The lowest BCUT2D eigenvalue weighted by Crippen LogP contribution is -2.03. The van der Waals surface area contributed by atoms with E-state index in [1.807, 2.05) is 0 Å². The zero-order valence-electron chi connectivity index (χ0n) is 13.6. The van der Waals surface area contributed by atoms with Crippen LogP contribution in [0, 0.1) is 0 Å². The average molecular weight is 388 g/mol. The van der Waals surface area contributed by atoms with Crippen molar-refractivity contribution in [2.75, 3.05) is 5.73 Å².